The number of halogens is 1. The highest BCUT2D eigenvalue weighted by molar-refractivity contribution is 6.17. The molecule has 0 amide bonds. The molecule has 0 saturated carbocycles. The number of anilines is 2. The van der Waals surface area contributed by atoms with Gasteiger partial charge >= 0.3 is 0 Å². The first-order chi connectivity index (χ1) is 17.6. The summed E-state index contributed by atoms with van der Waals surface area (Å²) in [6.45, 7) is 0.631. The Bertz CT molecular complexity index is 1630. The van der Waals surface area contributed by atoms with Gasteiger partial charge in [0.05, 0.1) is 16.6 Å². The Hall–Kier alpha value is -4.11. The normalized spacial score (nSPS) is 15.1. The number of nitrogens with one attached hydrogen (secondary N) is 2. The van der Waals surface area contributed by atoms with Crippen LogP contribution in [0.25, 0.3) is 27.6 Å². The number of aryl methyl sites for hydroxylation is 1. The zero-order valence-electron chi connectivity index (χ0n) is 19.4. The third kappa shape index (κ3) is 3.91. The molecule has 1 aliphatic rings. The molecule has 0 bridgehead atoms. The second kappa shape index (κ2) is 9.16. The van der Waals surface area contributed by atoms with Crippen LogP contribution in [0, 0.1) is 0 Å². The molecule has 6 rings (SSSR count). The summed E-state index contributed by atoms with van der Waals surface area (Å²) in [4.78, 5) is 22.7. The average molecular weight is 502 g/mol. The van der Waals surface area contributed by atoms with E-state index in [4.69, 9.17) is 27.1 Å². The molecule has 36 heavy (non-hydrogen) atoms. The van der Waals surface area contributed by atoms with Crippen LogP contribution in [0.1, 0.15) is 24.0 Å². The van der Waals surface area contributed by atoms with Crippen molar-refractivity contribution in [2.24, 2.45) is 0 Å². The minimum atomic E-state index is -0.304. The Balaban J connectivity index is 1.32. The summed E-state index contributed by atoms with van der Waals surface area (Å²) in [6, 6.07) is 15.6. The van der Waals surface area contributed by atoms with E-state index in [2.05, 4.69) is 26.6 Å². The third-order valence-corrected chi connectivity index (χ3v) is 6.87. The van der Waals surface area contributed by atoms with Crippen LogP contribution in [0.4, 0.5) is 11.8 Å². The number of fused-ring (bicyclic) bond motifs is 4. The number of nitrogens with two attached hydrogens (primary N) is 1. The maximum absolute atomic E-state index is 13.5. The summed E-state index contributed by atoms with van der Waals surface area (Å²) >= 11 is 5.95. The molecule has 0 unspecified atom stereocenters. The predicted molar refractivity (Wildman–Crippen MR) is 141 cm³/mol. The van der Waals surface area contributed by atoms with Gasteiger partial charge in [-0.05, 0) is 42.2 Å². The Morgan fingerprint density at radius 1 is 1.19 bits per heavy atom. The number of aromatic amines is 1. The fourth-order valence-electron chi connectivity index (χ4n) is 4.68. The molecule has 1 atom stereocenters. The fraction of sp³-hybridized carbons (Fsp3) is 0.231. The van der Waals surface area contributed by atoms with E-state index in [1.54, 1.807) is 6.20 Å². The molecule has 9 nitrogen and oxygen atoms in total. The Morgan fingerprint density at radius 2 is 2.03 bits per heavy atom. The number of para-hydroxylation sites is 1. The van der Waals surface area contributed by atoms with Gasteiger partial charge in [-0.15, -0.1) is 11.6 Å². The summed E-state index contributed by atoms with van der Waals surface area (Å²) in [5.74, 6) is 1.91. The number of alkyl halides is 1. The molecule has 10 heteroatoms. The molecular weight excluding hydrogens is 478 g/mol. The second-order valence-corrected chi connectivity index (χ2v) is 9.10. The summed E-state index contributed by atoms with van der Waals surface area (Å²) < 4.78 is 7.68. The lowest BCUT2D eigenvalue weighted by molar-refractivity contribution is 0.167. The van der Waals surface area contributed by atoms with E-state index in [1.807, 2.05) is 42.5 Å². The van der Waals surface area contributed by atoms with Gasteiger partial charge in [0.1, 0.15) is 17.2 Å². The minimum Gasteiger partial charge on any atom is -0.490 e. The lowest BCUT2D eigenvalue weighted by Gasteiger charge is -2.26. The van der Waals surface area contributed by atoms with Crippen molar-refractivity contribution in [3.8, 4) is 11.4 Å². The first kappa shape index (κ1) is 22.4. The van der Waals surface area contributed by atoms with Crippen molar-refractivity contribution in [3.05, 3.63) is 76.2 Å². The molecule has 5 aromatic rings. The number of rotatable bonds is 6. The van der Waals surface area contributed by atoms with E-state index in [-0.39, 0.29) is 17.5 Å². The molecule has 0 radical (unpaired) electrons. The number of hydrogen-bond donors (Lipinski definition) is 3. The number of nitrogen functional groups attached to an aromatic ring is 1. The van der Waals surface area contributed by atoms with Crippen molar-refractivity contribution < 1.29 is 4.74 Å². The van der Waals surface area contributed by atoms with Crippen LogP contribution in [0.15, 0.2) is 59.5 Å². The molecule has 4 N–H and O–H groups in total. The van der Waals surface area contributed by atoms with Crippen LogP contribution in [0.3, 0.4) is 0 Å². The molecule has 1 aliphatic heterocycles. The first-order valence-corrected chi connectivity index (χ1v) is 12.3. The van der Waals surface area contributed by atoms with E-state index in [0.29, 0.717) is 46.0 Å². The van der Waals surface area contributed by atoms with Gasteiger partial charge in [0.15, 0.2) is 11.5 Å². The highest BCUT2D eigenvalue weighted by Gasteiger charge is 2.20. The number of nitrogens with zero attached hydrogens (tertiary/aromatic N) is 4. The van der Waals surface area contributed by atoms with Gasteiger partial charge in [0.2, 0.25) is 5.95 Å². The smallest absolute Gasteiger partial charge is 0.270 e. The molecule has 0 fully saturated rings. The zero-order chi connectivity index (χ0) is 24.6. The maximum Gasteiger partial charge on any atom is 0.270 e. The van der Waals surface area contributed by atoms with Crippen molar-refractivity contribution in [3.63, 3.8) is 0 Å². The molecule has 182 valence electrons. The number of hydrogen-bond acceptors (Lipinski definition) is 7. The quantitative estimate of drug-likeness (QED) is 0.298. The van der Waals surface area contributed by atoms with Gasteiger partial charge in [0, 0.05) is 25.0 Å². The standard InChI is InChI=1S/C26H24ClN7O2/c27-13-15-5-8-17(9-6-15)34-24-19(22-21(25(34)35)23(28)33-32-22)14-30-26(31-24)29-12-11-18-10-7-16-3-1-2-4-20(16)36-18/h1-6,8-9,14,18H,7,10-13H2,(H3,28,32,33)(H,29,30,31)/t18-/m1/s1. The molecule has 4 heterocycles. The monoisotopic (exact) mass is 501 g/mol. The number of H-pyrrole nitrogens is 1. The SMILES string of the molecule is Nc1n[nH]c2c1c(=O)n(-c1ccc(CCl)cc1)c1nc(NCC[C@H]3CCc4ccccc4O3)ncc21. The van der Waals surface area contributed by atoms with Crippen LogP contribution in [-0.4, -0.2) is 37.4 Å². The Morgan fingerprint density at radius 3 is 2.86 bits per heavy atom. The number of ether oxygens (including phenoxy) is 1. The highest BCUT2D eigenvalue weighted by atomic mass is 35.5. The summed E-state index contributed by atoms with van der Waals surface area (Å²) in [7, 11) is 0. The summed E-state index contributed by atoms with van der Waals surface area (Å²) in [5.41, 5.74) is 9.54. The number of aromatic nitrogens is 5. The fourth-order valence-corrected chi connectivity index (χ4v) is 4.86. The van der Waals surface area contributed by atoms with Gasteiger partial charge in [-0.25, -0.2) is 4.98 Å². The zero-order valence-corrected chi connectivity index (χ0v) is 20.1. The average Bonchev–Trinajstić information content (AvgIpc) is 3.31. The largest absolute Gasteiger partial charge is 0.490 e. The predicted octanol–water partition coefficient (Wildman–Crippen LogP) is 4.17. The van der Waals surface area contributed by atoms with E-state index < -0.39 is 0 Å². The number of benzene rings is 2. The van der Waals surface area contributed by atoms with E-state index in [9.17, 15) is 4.79 Å². The Kier molecular flexibility index (Phi) is 5.69. The van der Waals surface area contributed by atoms with E-state index >= 15 is 0 Å². The van der Waals surface area contributed by atoms with Crippen LogP contribution >= 0.6 is 11.6 Å². The lowest BCUT2D eigenvalue weighted by atomic mass is 10.0. The van der Waals surface area contributed by atoms with Crippen molar-refractivity contribution >= 4 is 45.3 Å². The van der Waals surface area contributed by atoms with E-state index in [1.165, 1.54) is 10.1 Å². The van der Waals surface area contributed by atoms with Gasteiger partial charge in [0.25, 0.3) is 5.56 Å². The van der Waals surface area contributed by atoms with Crippen molar-refractivity contribution in [2.75, 3.05) is 17.6 Å². The van der Waals surface area contributed by atoms with Crippen molar-refractivity contribution in [1.82, 2.24) is 24.7 Å². The summed E-state index contributed by atoms with van der Waals surface area (Å²) in [6.07, 6.45) is 4.58. The van der Waals surface area contributed by atoms with Crippen LogP contribution in [0.5, 0.6) is 5.75 Å². The highest BCUT2D eigenvalue weighted by Crippen LogP contribution is 2.29. The molecule has 0 spiro atoms. The van der Waals surface area contributed by atoms with Gasteiger partial charge in [-0.2, -0.15) is 10.1 Å². The van der Waals surface area contributed by atoms with Gasteiger partial charge in [-0.3, -0.25) is 14.5 Å². The second-order valence-electron chi connectivity index (χ2n) is 8.83. The molecular formula is C26H24ClN7O2. The molecule has 0 saturated heterocycles. The number of pyridine rings is 1. The Labute approximate surface area is 211 Å². The maximum atomic E-state index is 13.5. The van der Waals surface area contributed by atoms with E-state index in [0.717, 1.165) is 30.6 Å². The first-order valence-electron chi connectivity index (χ1n) is 11.8. The molecule has 2 aromatic carbocycles. The van der Waals surface area contributed by atoms with Crippen LogP contribution in [0.2, 0.25) is 0 Å². The third-order valence-electron chi connectivity index (χ3n) is 6.56. The van der Waals surface area contributed by atoms with Crippen molar-refractivity contribution in [1.29, 1.82) is 0 Å². The summed E-state index contributed by atoms with van der Waals surface area (Å²) in [5, 5.41) is 11.2. The van der Waals surface area contributed by atoms with Crippen LogP contribution in [-0.2, 0) is 12.3 Å². The van der Waals surface area contributed by atoms with Gasteiger partial charge < -0.3 is 15.8 Å². The van der Waals surface area contributed by atoms with Gasteiger partial charge in [-0.1, -0.05) is 30.3 Å². The lowest BCUT2D eigenvalue weighted by Crippen LogP contribution is -2.25. The molecule has 3 aromatic heterocycles. The molecule has 0 aliphatic carbocycles. The minimum absolute atomic E-state index is 0.124. The van der Waals surface area contributed by atoms with Crippen molar-refractivity contribution in [2.45, 2.75) is 31.2 Å². The van der Waals surface area contributed by atoms with Crippen LogP contribution < -0.4 is 21.3 Å². The topological polar surface area (TPSA) is 124 Å².